The number of nitrogens with zero attached hydrogens (tertiary/aromatic N) is 2. The van der Waals surface area contributed by atoms with Crippen molar-refractivity contribution in [1.82, 2.24) is 9.80 Å². The molecule has 2 fully saturated rings. The Morgan fingerprint density at radius 1 is 0.939 bits per heavy atom. The highest BCUT2D eigenvalue weighted by molar-refractivity contribution is 6.00. The van der Waals surface area contributed by atoms with Crippen LogP contribution in [0.1, 0.15) is 31.4 Å². The Kier molecular flexibility index (Phi) is 6.60. The fourth-order valence-electron chi connectivity index (χ4n) is 4.97. The molecule has 5 heteroatoms. The van der Waals surface area contributed by atoms with Gasteiger partial charge in [0.25, 0.3) is 0 Å². The number of carbonyl (C=O) groups excluding carboxylic acids is 1. The van der Waals surface area contributed by atoms with E-state index in [9.17, 15) is 4.79 Å². The number of fused-ring (bicyclic) bond motifs is 1. The minimum Gasteiger partial charge on any atom is -0.491 e. The smallest absolute Gasteiger partial charge is 0.222 e. The molecule has 0 N–H and O–H groups in total. The minimum atomic E-state index is 0.241. The molecule has 2 saturated heterocycles. The van der Waals surface area contributed by atoms with Crippen LogP contribution in [0.25, 0.3) is 21.9 Å². The number of amides is 1. The molecule has 2 aliphatic heterocycles. The van der Waals surface area contributed by atoms with Crippen molar-refractivity contribution >= 4 is 16.7 Å². The van der Waals surface area contributed by atoms with Crippen LogP contribution < -0.4 is 4.74 Å². The zero-order valence-corrected chi connectivity index (χ0v) is 19.3. The molecule has 3 aromatic carbocycles. The van der Waals surface area contributed by atoms with Gasteiger partial charge in [0.15, 0.2) is 0 Å². The topological polar surface area (TPSA) is 42.0 Å². The Morgan fingerprint density at radius 3 is 2.42 bits per heavy atom. The SMILES string of the molecule is CC(c1ccc(-c2ccc(OCCN3CCCC3=O)c3ccccc23)cc1)N1CCOCC1. The van der Waals surface area contributed by atoms with Crippen LogP contribution in [-0.2, 0) is 9.53 Å². The molecule has 0 saturated carbocycles. The largest absolute Gasteiger partial charge is 0.491 e. The number of hydrogen-bond acceptors (Lipinski definition) is 4. The number of ether oxygens (including phenoxy) is 2. The molecule has 0 aliphatic carbocycles. The van der Waals surface area contributed by atoms with Crippen molar-refractivity contribution in [2.24, 2.45) is 0 Å². The van der Waals surface area contributed by atoms with Gasteiger partial charge in [-0.3, -0.25) is 9.69 Å². The zero-order chi connectivity index (χ0) is 22.6. The maximum Gasteiger partial charge on any atom is 0.222 e. The Labute approximate surface area is 195 Å². The van der Waals surface area contributed by atoms with E-state index >= 15 is 0 Å². The lowest BCUT2D eigenvalue weighted by Crippen LogP contribution is -2.37. The Bertz CT molecular complexity index is 1110. The predicted octanol–water partition coefficient (Wildman–Crippen LogP) is 4.90. The third-order valence-corrected chi connectivity index (χ3v) is 6.97. The van der Waals surface area contributed by atoms with Gasteiger partial charge in [0.05, 0.1) is 19.8 Å². The van der Waals surface area contributed by atoms with Crippen LogP contribution in [-0.4, -0.2) is 61.7 Å². The molecule has 33 heavy (non-hydrogen) atoms. The lowest BCUT2D eigenvalue weighted by molar-refractivity contribution is -0.128. The van der Waals surface area contributed by atoms with Crippen LogP contribution >= 0.6 is 0 Å². The predicted molar refractivity (Wildman–Crippen MR) is 132 cm³/mol. The number of likely N-dealkylation sites (tertiary alicyclic amines) is 1. The summed E-state index contributed by atoms with van der Waals surface area (Å²) in [5.74, 6) is 1.11. The van der Waals surface area contributed by atoms with E-state index in [-0.39, 0.29) is 5.91 Å². The van der Waals surface area contributed by atoms with Crippen LogP contribution in [0.5, 0.6) is 5.75 Å². The molecule has 0 aromatic heterocycles. The number of benzene rings is 3. The summed E-state index contributed by atoms with van der Waals surface area (Å²) in [5.41, 5.74) is 3.75. The lowest BCUT2D eigenvalue weighted by Gasteiger charge is -2.32. The molecule has 3 aromatic rings. The molecule has 5 nitrogen and oxygen atoms in total. The molecule has 1 unspecified atom stereocenters. The summed E-state index contributed by atoms with van der Waals surface area (Å²) >= 11 is 0. The van der Waals surface area contributed by atoms with E-state index < -0.39 is 0 Å². The number of rotatable bonds is 7. The fraction of sp³-hybridized carbons (Fsp3) is 0.393. The summed E-state index contributed by atoms with van der Waals surface area (Å²) in [7, 11) is 0. The average Bonchev–Trinajstić information content (AvgIpc) is 3.29. The summed E-state index contributed by atoms with van der Waals surface area (Å²) in [4.78, 5) is 16.2. The van der Waals surface area contributed by atoms with Crippen molar-refractivity contribution < 1.29 is 14.3 Å². The minimum absolute atomic E-state index is 0.241. The summed E-state index contributed by atoms with van der Waals surface area (Å²) in [6.45, 7) is 7.90. The van der Waals surface area contributed by atoms with Gasteiger partial charge in [0, 0.05) is 37.5 Å². The summed E-state index contributed by atoms with van der Waals surface area (Å²) < 4.78 is 11.6. The Morgan fingerprint density at radius 2 is 1.70 bits per heavy atom. The van der Waals surface area contributed by atoms with Crippen LogP contribution in [0.3, 0.4) is 0 Å². The maximum atomic E-state index is 11.8. The van der Waals surface area contributed by atoms with E-state index in [1.807, 2.05) is 4.90 Å². The maximum absolute atomic E-state index is 11.8. The molecular formula is C28H32N2O3. The Hall–Kier alpha value is -2.89. The van der Waals surface area contributed by atoms with Gasteiger partial charge in [-0.15, -0.1) is 0 Å². The molecule has 0 spiro atoms. The molecule has 5 rings (SSSR count). The van der Waals surface area contributed by atoms with Gasteiger partial charge >= 0.3 is 0 Å². The highest BCUT2D eigenvalue weighted by Gasteiger charge is 2.20. The monoisotopic (exact) mass is 444 g/mol. The molecule has 2 aliphatic rings. The molecule has 0 radical (unpaired) electrons. The van der Waals surface area contributed by atoms with Crippen LogP contribution in [0, 0.1) is 0 Å². The number of hydrogen-bond donors (Lipinski definition) is 0. The van der Waals surface area contributed by atoms with Crippen LogP contribution in [0.4, 0.5) is 0 Å². The van der Waals surface area contributed by atoms with E-state index in [4.69, 9.17) is 9.47 Å². The van der Waals surface area contributed by atoms with Gasteiger partial charge in [-0.05, 0) is 41.5 Å². The first kappa shape index (κ1) is 21.9. The van der Waals surface area contributed by atoms with E-state index in [1.54, 1.807) is 0 Å². The molecule has 172 valence electrons. The highest BCUT2D eigenvalue weighted by Crippen LogP contribution is 2.35. The van der Waals surface area contributed by atoms with Gasteiger partial charge in [0.1, 0.15) is 12.4 Å². The van der Waals surface area contributed by atoms with Crippen molar-refractivity contribution in [2.45, 2.75) is 25.8 Å². The second kappa shape index (κ2) is 9.94. The van der Waals surface area contributed by atoms with Gasteiger partial charge in [0.2, 0.25) is 5.91 Å². The highest BCUT2D eigenvalue weighted by atomic mass is 16.5. The van der Waals surface area contributed by atoms with Crippen molar-refractivity contribution in [3.8, 4) is 16.9 Å². The molecular weight excluding hydrogens is 412 g/mol. The van der Waals surface area contributed by atoms with Gasteiger partial charge in [-0.25, -0.2) is 0 Å². The first-order valence-corrected chi connectivity index (χ1v) is 12.0. The summed E-state index contributed by atoms with van der Waals surface area (Å²) in [6.07, 6.45) is 1.63. The van der Waals surface area contributed by atoms with Crippen LogP contribution in [0.15, 0.2) is 60.7 Å². The third kappa shape index (κ3) is 4.75. The summed E-state index contributed by atoms with van der Waals surface area (Å²) in [5, 5.41) is 2.29. The van der Waals surface area contributed by atoms with Crippen molar-refractivity contribution in [3.63, 3.8) is 0 Å². The van der Waals surface area contributed by atoms with Gasteiger partial charge < -0.3 is 14.4 Å². The van der Waals surface area contributed by atoms with E-state index in [1.165, 1.54) is 22.1 Å². The first-order valence-electron chi connectivity index (χ1n) is 12.0. The second-order valence-electron chi connectivity index (χ2n) is 8.94. The zero-order valence-electron chi connectivity index (χ0n) is 19.3. The van der Waals surface area contributed by atoms with Gasteiger partial charge in [-0.1, -0.05) is 54.6 Å². The van der Waals surface area contributed by atoms with E-state index in [0.29, 0.717) is 25.6 Å². The quantitative estimate of drug-likeness (QED) is 0.520. The van der Waals surface area contributed by atoms with Crippen molar-refractivity contribution in [1.29, 1.82) is 0 Å². The summed E-state index contributed by atoms with van der Waals surface area (Å²) in [6, 6.07) is 22.0. The number of morpholine rings is 1. The van der Waals surface area contributed by atoms with Gasteiger partial charge in [-0.2, -0.15) is 0 Å². The van der Waals surface area contributed by atoms with Crippen LogP contribution in [0.2, 0.25) is 0 Å². The third-order valence-electron chi connectivity index (χ3n) is 6.97. The fourth-order valence-corrected chi connectivity index (χ4v) is 4.97. The number of carbonyl (C=O) groups is 1. The van der Waals surface area contributed by atoms with E-state index in [0.717, 1.165) is 50.4 Å². The lowest BCUT2D eigenvalue weighted by atomic mass is 9.95. The second-order valence-corrected chi connectivity index (χ2v) is 8.94. The molecule has 0 bridgehead atoms. The average molecular weight is 445 g/mol. The first-order chi connectivity index (χ1) is 16.2. The van der Waals surface area contributed by atoms with Crippen molar-refractivity contribution in [2.75, 3.05) is 46.0 Å². The van der Waals surface area contributed by atoms with E-state index in [2.05, 4.69) is 72.5 Å². The molecule has 1 amide bonds. The standard InChI is InChI=1S/C28H32N2O3/c1-21(29-15-18-32-19-16-29)22-8-10-23(11-9-22)24-12-13-27(26-6-3-2-5-25(24)26)33-20-17-30-14-4-7-28(30)31/h2-3,5-6,8-13,21H,4,7,14-20H2,1H3. The molecule has 2 heterocycles. The Balaban J connectivity index is 1.34. The normalized spacial score (nSPS) is 18.1. The molecule has 1 atom stereocenters. The van der Waals surface area contributed by atoms with Crippen molar-refractivity contribution in [3.05, 3.63) is 66.2 Å².